The second-order valence-electron chi connectivity index (χ2n) is 4.05. The van der Waals surface area contributed by atoms with E-state index in [1.165, 1.54) is 12.1 Å². The van der Waals surface area contributed by atoms with Gasteiger partial charge in [-0.3, -0.25) is 0 Å². The van der Waals surface area contributed by atoms with E-state index in [-0.39, 0.29) is 17.8 Å². The summed E-state index contributed by atoms with van der Waals surface area (Å²) in [6, 6.07) is 3.03. The summed E-state index contributed by atoms with van der Waals surface area (Å²) in [4.78, 5) is 1.69. The van der Waals surface area contributed by atoms with Gasteiger partial charge in [0.2, 0.25) is 0 Å². The topological polar surface area (TPSA) is 47.7 Å². The minimum Gasteiger partial charge on any atom is -0.383 e. The standard InChI is InChI=1S/C13H20F2N2O2/c1-18-7-5-17(6-8-19-2)11-4-3-10(9-16)12(14)13(11)15/h3-4H,5-9,16H2,1-2H3. The van der Waals surface area contributed by atoms with E-state index < -0.39 is 11.6 Å². The molecule has 0 saturated heterocycles. The summed E-state index contributed by atoms with van der Waals surface area (Å²) in [5, 5.41) is 0. The second-order valence-corrected chi connectivity index (χ2v) is 4.05. The van der Waals surface area contributed by atoms with Gasteiger partial charge in [-0.05, 0) is 6.07 Å². The minimum atomic E-state index is -0.889. The van der Waals surface area contributed by atoms with Crippen LogP contribution >= 0.6 is 0 Å². The third-order valence-electron chi connectivity index (χ3n) is 2.83. The van der Waals surface area contributed by atoms with Crippen LogP contribution < -0.4 is 10.6 Å². The molecule has 6 heteroatoms. The van der Waals surface area contributed by atoms with Gasteiger partial charge in [-0.1, -0.05) is 6.07 Å². The largest absolute Gasteiger partial charge is 0.383 e. The number of nitrogens with zero attached hydrogens (tertiary/aromatic N) is 1. The van der Waals surface area contributed by atoms with Crippen LogP contribution in [-0.2, 0) is 16.0 Å². The third-order valence-corrected chi connectivity index (χ3v) is 2.83. The Morgan fingerprint density at radius 1 is 1.05 bits per heavy atom. The SMILES string of the molecule is COCCN(CCOC)c1ccc(CN)c(F)c1F. The lowest BCUT2D eigenvalue weighted by molar-refractivity contribution is 0.190. The molecule has 0 aliphatic carbocycles. The quantitative estimate of drug-likeness (QED) is 0.781. The lowest BCUT2D eigenvalue weighted by atomic mass is 10.1. The zero-order chi connectivity index (χ0) is 14.3. The van der Waals surface area contributed by atoms with Gasteiger partial charge >= 0.3 is 0 Å². The lowest BCUT2D eigenvalue weighted by Crippen LogP contribution is -2.31. The molecule has 19 heavy (non-hydrogen) atoms. The lowest BCUT2D eigenvalue weighted by Gasteiger charge is -2.25. The summed E-state index contributed by atoms with van der Waals surface area (Å²) in [6.07, 6.45) is 0. The van der Waals surface area contributed by atoms with Crippen molar-refractivity contribution in [2.45, 2.75) is 6.54 Å². The van der Waals surface area contributed by atoms with Crippen molar-refractivity contribution in [3.63, 3.8) is 0 Å². The molecule has 0 fully saturated rings. The molecule has 0 heterocycles. The molecule has 0 aliphatic rings. The fourth-order valence-electron chi connectivity index (χ4n) is 1.74. The number of nitrogens with two attached hydrogens (primary N) is 1. The van der Waals surface area contributed by atoms with Crippen LogP contribution in [0.4, 0.5) is 14.5 Å². The molecule has 1 rings (SSSR count). The average molecular weight is 274 g/mol. The Hall–Kier alpha value is -1.24. The Bertz CT molecular complexity index is 394. The summed E-state index contributed by atoms with van der Waals surface area (Å²) in [5.74, 6) is -1.77. The molecule has 0 amide bonds. The third kappa shape index (κ3) is 4.12. The highest BCUT2D eigenvalue weighted by Crippen LogP contribution is 2.24. The highest BCUT2D eigenvalue weighted by atomic mass is 19.2. The van der Waals surface area contributed by atoms with E-state index in [0.29, 0.717) is 26.3 Å². The first-order chi connectivity index (χ1) is 9.15. The number of ether oxygens (including phenoxy) is 2. The summed E-state index contributed by atoms with van der Waals surface area (Å²) >= 11 is 0. The number of methoxy groups -OCH3 is 2. The first-order valence-corrected chi connectivity index (χ1v) is 6.05. The van der Waals surface area contributed by atoms with Gasteiger partial charge in [-0.25, -0.2) is 8.78 Å². The first-order valence-electron chi connectivity index (χ1n) is 6.05. The predicted molar refractivity (Wildman–Crippen MR) is 70.2 cm³/mol. The number of hydrogen-bond acceptors (Lipinski definition) is 4. The molecule has 1 aromatic rings. The molecule has 0 aliphatic heterocycles. The Morgan fingerprint density at radius 3 is 2.11 bits per heavy atom. The molecular formula is C13H20F2N2O2. The van der Waals surface area contributed by atoms with Crippen molar-refractivity contribution in [3.05, 3.63) is 29.3 Å². The number of anilines is 1. The van der Waals surface area contributed by atoms with Crippen LogP contribution in [0.15, 0.2) is 12.1 Å². The van der Waals surface area contributed by atoms with Crippen LogP contribution in [0.2, 0.25) is 0 Å². The van der Waals surface area contributed by atoms with Gasteiger partial charge in [0, 0.05) is 39.4 Å². The summed E-state index contributed by atoms with van der Waals surface area (Å²) in [7, 11) is 3.12. The molecular weight excluding hydrogens is 254 g/mol. The van der Waals surface area contributed by atoms with Crippen molar-refractivity contribution in [3.8, 4) is 0 Å². The van der Waals surface area contributed by atoms with Gasteiger partial charge in [0.05, 0.1) is 18.9 Å². The molecule has 0 unspecified atom stereocenters. The molecule has 0 radical (unpaired) electrons. The summed E-state index contributed by atoms with van der Waals surface area (Å²) < 4.78 is 37.7. The Labute approximate surface area is 112 Å². The van der Waals surface area contributed by atoms with Crippen molar-refractivity contribution >= 4 is 5.69 Å². The average Bonchev–Trinajstić information content (AvgIpc) is 2.43. The van der Waals surface area contributed by atoms with Crippen molar-refractivity contribution in [1.29, 1.82) is 0 Å². The Kier molecular flexibility index (Phi) is 6.69. The van der Waals surface area contributed by atoms with E-state index in [1.807, 2.05) is 0 Å². The van der Waals surface area contributed by atoms with E-state index in [4.69, 9.17) is 15.2 Å². The van der Waals surface area contributed by atoms with E-state index in [0.717, 1.165) is 0 Å². The number of benzene rings is 1. The van der Waals surface area contributed by atoms with E-state index in [1.54, 1.807) is 19.1 Å². The van der Waals surface area contributed by atoms with Crippen molar-refractivity contribution in [2.75, 3.05) is 45.4 Å². The van der Waals surface area contributed by atoms with Gasteiger partial charge in [-0.15, -0.1) is 0 Å². The zero-order valence-electron chi connectivity index (χ0n) is 11.3. The molecule has 2 N–H and O–H groups in total. The summed E-state index contributed by atoms with van der Waals surface area (Å²) in [5.41, 5.74) is 5.71. The zero-order valence-corrected chi connectivity index (χ0v) is 11.3. The van der Waals surface area contributed by atoms with E-state index >= 15 is 0 Å². The molecule has 108 valence electrons. The normalized spacial score (nSPS) is 10.8. The fraction of sp³-hybridized carbons (Fsp3) is 0.538. The summed E-state index contributed by atoms with van der Waals surface area (Å²) in [6.45, 7) is 1.72. The van der Waals surface area contributed by atoms with Crippen molar-refractivity contribution in [2.24, 2.45) is 5.73 Å². The monoisotopic (exact) mass is 274 g/mol. The van der Waals surface area contributed by atoms with Crippen molar-refractivity contribution < 1.29 is 18.3 Å². The maximum absolute atomic E-state index is 14.0. The number of rotatable bonds is 8. The van der Waals surface area contributed by atoms with Gasteiger partial charge in [0.15, 0.2) is 11.6 Å². The van der Waals surface area contributed by atoms with Crippen LogP contribution in [0, 0.1) is 11.6 Å². The Balaban J connectivity index is 2.97. The molecule has 1 aromatic carbocycles. The molecule has 0 bridgehead atoms. The van der Waals surface area contributed by atoms with Gasteiger partial charge in [-0.2, -0.15) is 0 Å². The minimum absolute atomic E-state index is 0.0286. The first kappa shape index (κ1) is 15.8. The second kappa shape index (κ2) is 8.04. The van der Waals surface area contributed by atoms with Gasteiger partial charge in [0.25, 0.3) is 0 Å². The molecule has 0 atom stereocenters. The van der Waals surface area contributed by atoms with E-state index in [2.05, 4.69) is 0 Å². The van der Waals surface area contributed by atoms with Crippen LogP contribution in [0.1, 0.15) is 5.56 Å². The maximum Gasteiger partial charge on any atom is 0.182 e. The maximum atomic E-state index is 14.0. The van der Waals surface area contributed by atoms with Crippen LogP contribution in [0.25, 0.3) is 0 Å². The molecule has 0 spiro atoms. The molecule has 0 saturated carbocycles. The van der Waals surface area contributed by atoms with Crippen LogP contribution in [-0.4, -0.2) is 40.5 Å². The highest BCUT2D eigenvalue weighted by molar-refractivity contribution is 5.50. The highest BCUT2D eigenvalue weighted by Gasteiger charge is 2.17. The van der Waals surface area contributed by atoms with Crippen LogP contribution in [0.5, 0.6) is 0 Å². The van der Waals surface area contributed by atoms with Crippen molar-refractivity contribution in [1.82, 2.24) is 0 Å². The fourth-order valence-corrected chi connectivity index (χ4v) is 1.74. The van der Waals surface area contributed by atoms with Gasteiger partial charge in [0.1, 0.15) is 0 Å². The molecule has 4 nitrogen and oxygen atoms in total. The predicted octanol–water partition coefficient (Wildman–Crippen LogP) is 1.52. The van der Waals surface area contributed by atoms with Crippen LogP contribution in [0.3, 0.4) is 0 Å². The Morgan fingerprint density at radius 2 is 1.63 bits per heavy atom. The van der Waals surface area contributed by atoms with E-state index in [9.17, 15) is 8.78 Å². The van der Waals surface area contributed by atoms with Gasteiger partial charge < -0.3 is 20.1 Å². The smallest absolute Gasteiger partial charge is 0.182 e. The number of hydrogen-bond donors (Lipinski definition) is 1. The number of halogens is 2. The molecule has 0 aromatic heterocycles.